The van der Waals surface area contributed by atoms with E-state index < -0.39 is 10.0 Å². The second-order valence-corrected chi connectivity index (χ2v) is 10.2. The van der Waals surface area contributed by atoms with E-state index in [-0.39, 0.29) is 18.9 Å². The van der Waals surface area contributed by atoms with Gasteiger partial charge in [-0.3, -0.25) is 9.10 Å². The first-order valence-electron chi connectivity index (χ1n) is 10.0. The van der Waals surface area contributed by atoms with Gasteiger partial charge in [0, 0.05) is 16.5 Å². The molecule has 0 radical (unpaired) electrons. The van der Waals surface area contributed by atoms with E-state index in [0.29, 0.717) is 25.3 Å². The summed E-state index contributed by atoms with van der Waals surface area (Å²) in [7, 11) is -3.41. The van der Waals surface area contributed by atoms with Crippen LogP contribution in [0.25, 0.3) is 0 Å². The molecule has 0 bridgehead atoms. The molecule has 0 atom stereocenters. The van der Waals surface area contributed by atoms with Gasteiger partial charge < -0.3 is 10.1 Å². The first kappa shape index (κ1) is 24.5. The average molecular weight is 544 g/mol. The third-order valence-corrected chi connectivity index (χ3v) is 6.35. The summed E-state index contributed by atoms with van der Waals surface area (Å²) < 4.78 is 32.2. The molecule has 1 N–H and O–H groups in total. The van der Waals surface area contributed by atoms with Gasteiger partial charge in [-0.05, 0) is 77.4 Å². The maximum Gasteiger partial charge on any atom is 0.232 e. The fourth-order valence-electron chi connectivity index (χ4n) is 2.97. The molecule has 0 aliphatic rings. The Morgan fingerprint density at radius 2 is 1.77 bits per heavy atom. The van der Waals surface area contributed by atoms with E-state index >= 15 is 0 Å². The Morgan fingerprint density at radius 1 is 1.10 bits per heavy atom. The summed E-state index contributed by atoms with van der Waals surface area (Å²) in [4.78, 5) is 12.0. The van der Waals surface area contributed by atoms with Gasteiger partial charge in [-0.15, -0.1) is 0 Å². The van der Waals surface area contributed by atoms with Crippen molar-refractivity contribution in [2.75, 3.05) is 30.3 Å². The Kier molecular flexibility index (Phi) is 9.90. The quantitative estimate of drug-likeness (QED) is 0.324. The molecule has 0 fully saturated rings. The fourth-order valence-corrected chi connectivity index (χ4v) is 4.29. The van der Waals surface area contributed by atoms with Crippen molar-refractivity contribution >= 4 is 44.2 Å². The summed E-state index contributed by atoms with van der Waals surface area (Å²) in [5, 5.41) is 2.81. The van der Waals surface area contributed by atoms with Crippen LogP contribution < -0.4 is 14.4 Å². The van der Waals surface area contributed by atoms with Crippen molar-refractivity contribution in [1.29, 1.82) is 0 Å². The van der Waals surface area contributed by atoms with Crippen molar-refractivity contribution in [1.82, 2.24) is 5.32 Å². The second kappa shape index (κ2) is 12.1. The number of ether oxygens (including phenoxy) is 1. The SMILES string of the molecule is CCCc1ccc(OCCNC(=O)CCCN(c2ccc(I)cc2)S(C)(=O)=O)cc1. The van der Waals surface area contributed by atoms with E-state index in [2.05, 4.69) is 47.0 Å². The number of halogens is 1. The Labute approximate surface area is 193 Å². The topological polar surface area (TPSA) is 75.7 Å². The third kappa shape index (κ3) is 8.51. The summed E-state index contributed by atoms with van der Waals surface area (Å²) in [6.45, 7) is 3.20. The van der Waals surface area contributed by atoms with Gasteiger partial charge in [0.1, 0.15) is 12.4 Å². The van der Waals surface area contributed by atoms with E-state index in [1.54, 1.807) is 12.1 Å². The van der Waals surface area contributed by atoms with Crippen LogP contribution in [0, 0.1) is 3.57 Å². The molecule has 0 unspecified atom stereocenters. The van der Waals surface area contributed by atoms with Gasteiger partial charge in [0.15, 0.2) is 0 Å². The standard InChI is InChI=1S/C22H29IN2O4S/c1-3-5-18-7-13-21(14-8-18)29-17-15-24-22(26)6-4-16-25(30(2,27)28)20-11-9-19(23)10-12-20/h7-14H,3-6,15-17H2,1-2H3,(H,24,26). The lowest BCUT2D eigenvalue weighted by atomic mass is 10.1. The van der Waals surface area contributed by atoms with Crippen LogP contribution in [0.15, 0.2) is 48.5 Å². The number of carbonyl (C=O) groups is 1. The Hall–Kier alpha value is -1.81. The van der Waals surface area contributed by atoms with Gasteiger partial charge in [-0.1, -0.05) is 25.5 Å². The Morgan fingerprint density at radius 3 is 2.37 bits per heavy atom. The van der Waals surface area contributed by atoms with Crippen molar-refractivity contribution < 1.29 is 17.9 Å². The number of hydrogen-bond acceptors (Lipinski definition) is 4. The average Bonchev–Trinajstić information content (AvgIpc) is 2.70. The highest BCUT2D eigenvalue weighted by Crippen LogP contribution is 2.19. The van der Waals surface area contributed by atoms with Gasteiger partial charge >= 0.3 is 0 Å². The van der Waals surface area contributed by atoms with Crippen LogP contribution in [0.2, 0.25) is 0 Å². The van der Waals surface area contributed by atoms with Gasteiger partial charge in [0.2, 0.25) is 15.9 Å². The number of benzene rings is 2. The number of amides is 1. The van der Waals surface area contributed by atoms with Crippen molar-refractivity contribution in [3.05, 3.63) is 57.7 Å². The fraction of sp³-hybridized carbons (Fsp3) is 0.409. The summed E-state index contributed by atoms with van der Waals surface area (Å²) in [6, 6.07) is 15.3. The summed E-state index contributed by atoms with van der Waals surface area (Å²) in [5.74, 6) is 0.665. The van der Waals surface area contributed by atoms with Crippen LogP contribution in [0.1, 0.15) is 31.7 Å². The zero-order chi connectivity index (χ0) is 22.0. The third-order valence-electron chi connectivity index (χ3n) is 4.43. The molecule has 0 spiro atoms. The van der Waals surface area contributed by atoms with E-state index in [1.807, 2.05) is 24.3 Å². The number of nitrogens with one attached hydrogen (secondary N) is 1. The summed E-state index contributed by atoms with van der Waals surface area (Å²) in [6.07, 6.45) is 4.03. The molecule has 2 aromatic carbocycles. The minimum atomic E-state index is -3.41. The first-order valence-corrected chi connectivity index (χ1v) is 12.9. The number of hydrogen-bond donors (Lipinski definition) is 1. The first-order chi connectivity index (χ1) is 14.3. The molecule has 1 amide bonds. The largest absolute Gasteiger partial charge is 0.492 e. The molecular weight excluding hydrogens is 515 g/mol. The molecule has 30 heavy (non-hydrogen) atoms. The van der Waals surface area contributed by atoms with E-state index in [4.69, 9.17) is 4.74 Å². The lowest BCUT2D eigenvalue weighted by Gasteiger charge is -2.22. The molecule has 2 rings (SSSR count). The van der Waals surface area contributed by atoms with Crippen LogP contribution >= 0.6 is 22.6 Å². The van der Waals surface area contributed by atoms with E-state index in [9.17, 15) is 13.2 Å². The highest BCUT2D eigenvalue weighted by atomic mass is 127. The molecule has 6 nitrogen and oxygen atoms in total. The normalized spacial score (nSPS) is 11.2. The monoisotopic (exact) mass is 544 g/mol. The minimum absolute atomic E-state index is 0.118. The molecular formula is C22H29IN2O4S. The van der Waals surface area contributed by atoms with Crippen LogP contribution in [-0.2, 0) is 21.2 Å². The van der Waals surface area contributed by atoms with Crippen molar-refractivity contribution in [2.24, 2.45) is 0 Å². The van der Waals surface area contributed by atoms with Gasteiger partial charge in [-0.25, -0.2) is 8.42 Å². The lowest BCUT2D eigenvalue weighted by molar-refractivity contribution is -0.121. The van der Waals surface area contributed by atoms with Crippen molar-refractivity contribution in [3.63, 3.8) is 0 Å². The predicted molar refractivity (Wildman–Crippen MR) is 130 cm³/mol. The molecule has 0 saturated heterocycles. The van der Waals surface area contributed by atoms with Crippen LogP contribution in [0.4, 0.5) is 5.69 Å². The zero-order valence-electron chi connectivity index (χ0n) is 17.4. The van der Waals surface area contributed by atoms with Gasteiger partial charge in [-0.2, -0.15) is 0 Å². The Bertz CT molecular complexity index is 900. The van der Waals surface area contributed by atoms with Crippen LogP contribution in [-0.4, -0.2) is 40.3 Å². The summed E-state index contributed by atoms with van der Waals surface area (Å²) >= 11 is 2.17. The molecule has 0 aromatic heterocycles. The maximum absolute atomic E-state index is 12.1. The lowest BCUT2D eigenvalue weighted by Crippen LogP contribution is -2.32. The molecule has 0 saturated carbocycles. The van der Waals surface area contributed by atoms with Crippen molar-refractivity contribution in [3.8, 4) is 5.75 Å². The van der Waals surface area contributed by atoms with Crippen LogP contribution in [0.3, 0.4) is 0 Å². The maximum atomic E-state index is 12.1. The highest BCUT2D eigenvalue weighted by molar-refractivity contribution is 14.1. The molecule has 2 aromatic rings. The molecule has 0 heterocycles. The second-order valence-electron chi connectivity index (χ2n) is 7.01. The van der Waals surface area contributed by atoms with E-state index in [0.717, 1.165) is 22.2 Å². The number of rotatable bonds is 12. The van der Waals surface area contributed by atoms with Gasteiger partial charge in [0.25, 0.3) is 0 Å². The smallest absolute Gasteiger partial charge is 0.232 e. The van der Waals surface area contributed by atoms with Gasteiger partial charge in [0.05, 0.1) is 18.5 Å². The number of sulfonamides is 1. The molecule has 8 heteroatoms. The molecule has 0 aliphatic carbocycles. The molecule has 0 aliphatic heterocycles. The summed E-state index contributed by atoms with van der Waals surface area (Å²) in [5.41, 5.74) is 1.89. The zero-order valence-corrected chi connectivity index (χ0v) is 20.4. The molecule has 164 valence electrons. The van der Waals surface area contributed by atoms with E-state index in [1.165, 1.54) is 16.1 Å². The number of nitrogens with zero attached hydrogens (tertiary/aromatic N) is 1. The number of carbonyl (C=O) groups excluding carboxylic acids is 1. The Balaban J connectivity index is 1.71. The number of aryl methyl sites for hydroxylation is 1. The predicted octanol–water partition coefficient (Wildman–Crippen LogP) is 3.99. The van der Waals surface area contributed by atoms with Crippen molar-refractivity contribution in [2.45, 2.75) is 32.6 Å². The minimum Gasteiger partial charge on any atom is -0.492 e. The highest BCUT2D eigenvalue weighted by Gasteiger charge is 2.17. The number of anilines is 1. The van der Waals surface area contributed by atoms with Crippen LogP contribution in [0.5, 0.6) is 5.75 Å².